The number of ether oxygens (including phenoxy) is 1. The SMILES string of the molecule is COc1ccccc1C(=O)S(=O)(=O)NC(C)C(=O)O. The van der Waals surface area contributed by atoms with Crippen LogP contribution in [0, 0.1) is 0 Å². The third-order valence-corrected chi connectivity index (χ3v) is 3.65. The van der Waals surface area contributed by atoms with Crippen LogP contribution in [-0.4, -0.2) is 37.8 Å². The van der Waals surface area contributed by atoms with Gasteiger partial charge in [-0.1, -0.05) is 12.1 Å². The maximum absolute atomic E-state index is 11.9. The second-order valence-electron chi connectivity index (χ2n) is 3.67. The molecule has 19 heavy (non-hydrogen) atoms. The van der Waals surface area contributed by atoms with Crippen molar-refractivity contribution in [3.63, 3.8) is 0 Å². The Morgan fingerprint density at radius 1 is 1.32 bits per heavy atom. The average Bonchev–Trinajstić information content (AvgIpc) is 2.37. The van der Waals surface area contributed by atoms with Crippen LogP contribution in [0.5, 0.6) is 5.75 Å². The molecule has 0 amide bonds. The Kier molecular flexibility index (Phi) is 4.62. The number of carbonyl (C=O) groups is 2. The average molecular weight is 287 g/mol. The van der Waals surface area contributed by atoms with Gasteiger partial charge < -0.3 is 9.84 Å². The molecule has 0 spiro atoms. The van der Waals surface area contributed by atoms with Gasteiger partial charge in [-0.2, -0.15) is 4.72 Å². The Morgan fingerprint density at radius 3 is 2.42 bits per heavy atom. The number of carboxylic acids is 1. The lowest BCUT2D eigenvalue weighted by Crippen LogP contribution is -2.41. The van der Waals surface area contributed by atoms with Gasteiger partial charge >= 0.3 is 5.97 Å². The molecule has 0 saturated carbocycles. The van der Waals surface area contributed by atoms with E-state index < -0.39 is 27.1 Å². The van der Waals surface area contributed by atoms with Gasteiger partial charge in [0.25, 0.3) is 15.1 Å². The molecule has 2 N–H and O–H groups in total. The number of aliphatic carboxylic acids is 1. The summed E-state index contributed by atoms with van der Waals surface area (Å²) in [6, 6.07) is 4.38. The number of benzene rings is 1. The zero-order valence-corrected chi connectivity index (χ0v) is 11.1. The quantitative estimate of drug-likeness (QED) is 0.802. The van der Waals surface area contributed by atoms with Crippen LogP contribution in [-0.2, 0) is 14.8 Å². The van der Waals surface area contributed by atoms with Crippen molar-refractivity contribution in [3.05, 3.63) is 29.8 Å². The van der Waals surface area contributed by atoms with Crippen LogP contribution >= 0.6 is 0 Å². The summed E-state index contributed by atoms with van der Waals surface area (Å²) in [5.41, 5.74) is -0.157. The molecule has 0 aliphatic rings. The molecular weight excluding hydrogens is 274 g/mol. The first kappa shape index (κ1) is 15.1. The van der Waals surface area contributed by atoms with Crippen LogP contribution in [0.15, 0.2) is 24.3 Å². The number of hydrogen-bond acceptors (Lipinski definition) is 5. The summed E-state index contributed by atoms with van der Waals surface area (Å²) in [4.78, 5) is 22.5. The highest BCUT2D eigenvalue weighted by Crippen LogP contribution is 2.19. The van der Waals surface area contributed by atoms with Crippen molar-refractivity contribution in [3.8, 4) is 5.75 Å². The number of carboxylic acid groups (broad SMARTS) is 1. The molecule has 0 bridgehead atoms. The Bertz CT molecular complexity index is 595. The molecule has 0 aromatic heterocycles. The van der Waals surface area contributed by atoms with Gasteiger partial charge in [0.15, 0.2) is 0 Å². The molecular formula is C11H13NO6S. The summed E-state index contributed by atoms with van der Waals surface area (Å²) in [7, 11) is -3.14. The molecule has 0 fully saturated rings. The number of sulfonamides is 1. The molecule has 1 rings (SSSR count). The molecule has 1 unspecified atom stereocenters. The van der Waals surface area contributed by atoms with E-state index in [4.69, 9.17) is 9.84 Å². The van der Waals surface area contributed by atoms with Crippen LogP contribution in [0.25, 0.3) is 0 Å². The number of para-hydroxylation sites is 1. The highest BCUT2D eigenvalue weighted by atomic mass is 32.2. The van der Waals surface area contributed by atoms with Crippen LogP contribution in [0.3, 0.4) is 0 Å². The minimum absolute atomic E-state index is 0.0980. The third kappa shape index (κ3) is 3.52. The molecule has 8 heteroatoms. The Balaban J connectivity index is 3.08. The normalized spacial score (nSPS) is 12.7. The van der Waals surface area contributed by atoms with E-state index in [1.807, 2.05) is 0 Å². The fourth-order valence-electron chi connectivity index (χ4n) is 1.29. The number of nitrogens with one attached hydrogen (secondary N) is 1. The van der Waals surface area contributed by atoms with Crippen molar-refractivity contribution >= 4 is 21.1 Å². The van der Waals surface area contributed by atoms with Gasteiger partial charge in [-0.15, -0.1) is 0 Å². The van der Waals surface area contributed by atoms with E-state index >= 15 is 0 Å². The number of rotatable bonds is 5. The van der Waals surface area contributed by atoms with Crippen LogP contribution < -0.4 is 9.46 Å². The summed E-state index contributed by atoms with van der Waals surface area (Å²) in [5, 5.41) is 7.40. The Labute approximate surface area is 110 Å². The highest BCUT2D eigenvalue weighted by molar-refractivity contribution is 8.05. The predicted molar refractivity (Wildman–Crippen MR) is 66.5 cm³/mol. The zero-order valence-electron chi connectivity index (χ0n) is 10.3. The van der Waals surface area contributed by atoms with Gasteiger partial charge in [0.2, 0.25) is 0 Å². The maximum Gasteiger partial charge on any atom is 0.321 e. The standard InChI is InChI=1S/C11H13NO6S/c1-7(10(13)14)12-19(16,17)11(15)8-5-3-4-6-9(8)18-2/h3-7,12H,1-2H3,(H,13,14). The van der Waals surface area contributed by atoms with E-state index in [0.29, 0.717) is 0 Å². The molecule has 0 aliphatic carbocycles. The largest absolute Gasteiger partial charge is 0.496 e. The maximum atomic E-state index is 11.9. The molecule has 0 saturated heterocycles. The first-order valence-electron chi connectivity index (χ1n) is 5.22. The van der Waals surface area contributed by atoms with Crippen molar-refractivity contribution in [2.45, 2.75) is 13.0 Å². The fourth-order valence-corrected chi connectivity index (χ4v) is 2.43. The van der Waals surface area contributed by atoms with Gasteiger partial charge in [-0.05, 0) is 19.1 Å². The topological polar surface area (TPSA) is 110 Å². The van der Waals surface area contributed by atoms with Crippen LogP contribution in [0.4, 0.5) is 0 Å². The summed E-state index contributed by atoms with van der Waals surface area (Å²) < 4.78 is 30.1. The lowest BCUT2D eigenvalue weighted by Gasteiger charge is -2.11. The van der Waals surface area contributed by atoms with Crippen molar-refractivity contribution < 1.29 is 27.9 Å². The van der Waals surface area contributed by atoms with Crippen LogP contribution in [0.2, 0.25) is 0 Å². The first-order chi connectivity index (χ1) is 8.79. The Morgan fingerprint density at radius 2 is 1.89 bits per heavy atom. The van der Waals surface area contributed by atoms with Gasteiger partial charge in [-0.3, -0.25) is 9.59 Å². The molecule has 1 atom stereocenters. The minimum atomic E-state index is -4.44. The smallest absolute Gasteiger partial charge is 0.321 e. The number of hydrogen-bond donors (Lipinski definition) is 2. The molecule has 0 radical (unpaired) electrons. The second kappa shape index (κ2) is 5.81. The first-order valence-corrected chi connectivity index (χ1v) is 6.70. The van der Waals surface area contributed by atoms with E-state index in [-0.39, 0.29) is 11.3 Å². The van der Waals surface area contributed by atoms with E-state index in [2.05, 4.69) is 0 Å². The summed E-state index contributed by atoms with van der Waals surface area (Å²) in [6.07, 6.45) is 0. The monoisotopic (exact) mass is 287 g/mol. The fraction of sp³-hybridized carbons (Fsp3) is 0.273. The lowest BCUT2D eigenvalue weighted by atomic mass is 10.2. The number of methoxy groups -OCH3 is 1. The van der Waals surface area contributed by atoms with Crippen LogP contribution in [0.1, 0.15) is 17.3 Å². The molecule has 1 aromatic carbocycles. The third-order valence-electron chi connectivity index (χ3n) is 2.27. The molecule has 1 aromatic rings. The molecule has 7 nitrogen and oxygen atoms in total. The van der Waals surface area contributed by atoms with Gasteiger partial charge in [0.05, 0.1) is 12.7 Å². The molecule has 0 heterocycles. The van der Waals surface area contributed by atoms with E-state index in [1.54, 1.807) is 10.8 Å². The van der Waals surface area contributed by atoms with Gasteiger partial charge in [-0.25, -0.2) is 8.42 Å². The minimum Gasteiger partial charge on any atom is -0.496 e. The summed E-state index contributed by atoms with van der Waals surface area (Å²) in [5.74, 6) is -1.28. The van der Waals surface area contributed by atoms with Gasteiger partial charge in [0, 0.05) is 0 Å². The second-order valence-corrected chi connectivity index (χ2v) is 5.28. The lowest BCUT2D eigenvalue weighted by molar-refractivity contribution is -0.138. The van der Waals surface area contributed by atoms with E-state index in [9.17, 15) is 18.0 Å². The summed E-state index contributed by atoms with van der Waals surface area (Å²) in [6.45, 7) is 1.12. The Hall–Kier alpha value is -1.93. The van der Waals surface area contributed by atoms with E-state index in [1.165, 1.54) is 25.3 Å². The van der Waals surface area contributed by atoms with Crippen molar-refractivity contribution in [2.24, 2.45) is 0 Å². The molecule has 104 valence electrons. The van der Waals surface area contributed by atoms with Gasteiger partial charge in [0.1, 0.15) is 11.8 Å². The van der Waals surface area contributed by atoms with E-state index in [0.717, 1.165) is 6.92 Å². The van der Waals surface area contributed by atoms with Crippen molar-refractivity contribution in [1.82, 2.24) is 4.72 Å². The predicted octanol–water partition coefficient (Wildman–Crippen LogP) is 0.228. The van der Waals surface area contributed by atoms with Crippen molar-refractivity contribution in [2.75, 3.05) is 7.11 Å². The molecule has 0 aliphatic heterocycles. The summed E-state index contributed by atoms with van der Waals surface area (Å²) >= 11 is 0. The van der Waals surface area contributed by atoms with Crippen molar-refractivity contribution in [1.29, 1.82) is 0 Å². The highest BCUT2D eigenvalue weighted by Gasteiger charge is 2.29. The number of carbonyl (C=O) groups excluding carboxylic acids is 1. The zero-order chi connectivity index (χ0) is 14.6.